The Hall–Kier alpha value is -2.69. The smallest absolute Gasteiger partial charge is 0.251 e. The molecule has 5 heteroatoms. The number of hydrogen-bond acceptors (Lipinski definition) is 4. The summed E-state index contributed by atoms with van der Waals surface area (Å²) in [5.41, 5.74) is 1.72. The highest BCUT2D eigenvalue weighted by molar-refractivity contribution is 5.94. The number of fused-ring (bicyclic) bond motifs is 1. The zero-order valence-electron chi connectivity index (χ0n) is 13.0. The zero-order valence-corrected chi connectivity index (χ0v) is 13.0. The number of carbonyl (C=O) groups is 1. The van der Waals surface area contributed by atoms with Crippen molar-refractivity contribution >= 4 is 5.91 Å². The van der Waals surface area contributed by atoms with E-state index in [1.165, 1.54) is 0 Å². The first kappa shape index (κ1) is 15.2. The molecule has 0 fully saturated rings. The van der Waals surface area contributed by atoms with Crippen LogP contribution >= 0.6 is 0 Å². The predicted octanol–water partition coefficient (Wildman–Crippen LogP) is 2.79. The van der Waals surface area contributed by atoms with Crippen molar-refractivity contribution in [2.75, 3.05) is 19.9 Å². The third kappa shape index (κ3) is 3.74. The Morgan fingerprint density at radius 1 is 1.13 bits per heavy atom. The summed E-state index contributed by atoms with van der Waals surface area (Å²) in [7, 11) is 0. The Bertz CT molecular complexity index is 682. The van der Waals surface area contributed by atoms with Crippen molar-refractivity contribution in [2.45, 2.75) is 13.3 Å². The molecular formula is C18H19NO4. The van der Waals surface area contributed by atoms with Crippen molar-refractivity contribution < 1.29 is 19.0 Å². The van der Waals surface area contributed by atoms with Gasteiger partial charge in [0.15, 0.2) is 11.5 Å². The van der Waals surface area contributed by atoms with Gasteiger partial charge >= 0.3 is 0 Å². The van der Waals surface area contributed by atoms with E-state index in [1.54, 1.807) is 18.2 Å². The van der Waals surface area contributed by atoms with Crippen LogP contribution in [0.3, 0.4) is 0 Å². The van der Waals surface area contributed by atoms with E-state index in [0.29, 0.717) is 30.2 Å². The number of ether oxygens (including phenoxy) is 3. The molecule has 23 heavy (non-hydrogen) atoms. The Kier molecular flexibility index (Phi) is 4.66. The Labute approximate surface area is 135 Å². The van der Waals surface area contributed by atoms with Crippen molar-refractivity contribution in [1.29, 1.82) is 0 Å². The quantitative estimate of drug-likeness (QED) is 0.891. The van der Waals surface area contributed by atoms with Crippen LogP contribution in [0.5, 0.6) is 17.2 Å². The minimum atomic E-state index is -0.116. The lowest BCUT2D eigenvalue weighted by atomic mass is 10.1. The van der Waals surface area contributed by atoms with Crippen LogP contribution in [0.4, 0.5) is 0 Å². The first-order valence-corrected chi connectivity index (χ1v) is 7.66. The molecule has 0 saturated carbocycles. The van der Waals surface area contributed by atoms with Gasteiger partial charge < -0.3 is 19.5 Å². The molecule has 0 unspecified atom stereocenters. The monoisotopic (exact) mass is 313 g/mol. The third-order valence-corrected chi connectivity index (χ3v) is 3.57. The molecule has 0 atom stereocenters. The van der Waals surface area contributed by atoms with Crippen LogP contribution in [0, 0.1) is 0 Å². The van der Waals surface area contributed by atoms with Crippen LogP contribution in [0.15, 0.2) is 42.5 Å². The van der Waals surface area contributed by atoms with E-state index in [9.17, 15) is 4.79 Å². The van der Waals surface area contributed by atoms with E-state index in [-0.39, 0.29) is 12.7 Å². The Balaban J connectivity index is 1.51. The maximum atomic E-state index is 12.1. The lowest BCUT2D eigenvalue weighted by Crippen LogP contribution is -2.25. The van der Waals surface area contributed by atoms with Gasteiger partial charge in [-0.3, -0.25) is 4.79 Å². The maximum absolute atomic E-state index is 12.1. The van der Waals surface area contributed by atoms with Crippen LogP contribution in [0.1, 0.15) is 22.8 Å². The summed E-state index contributed by atoms with van der Waals surface area (Å²) >= 11 is 0. The summed E-state index contributed by atoms with van der Waals surface area (Å²) in [5.74, 6) is 2.04. The van der Waals surface area contributed by atoms with Gasteiger partial charge in [0.05, 0.1) is 6.61 Å². The molecule has 1 heterocycles. The Morgan fingerprint density at radius 3 is 2.70 bits per heavy atom. The number of carbonyl (C=O) groups excluding carboxylic acids is 1. The van der Waals surface area contributed by atoms with Crippen molar-refractivity contribution in [2.24, 2.45) is 0 Å². The topological polar surface area (TPSA) is 56.8 Å². The molecule has 2 aromatic carbocycles. The van der Waals surface area contributed by atoms with Gasteiger partial charge in [0.1, 0.15) is 5.75 Å². The van der Waals surface area contributed by atoms with Crippen LogP contribution in [-0.2, 0) is 6.42 Å². The molecule has 0 saturated heterocycles. The van der Waals surface area contributed by atoms with Crippen molar-refractivity contribution in [1.82, 2.24) is 5.32 Å². The van der Waals surface area contributed by atoms with Gasteiger partial charge in [-0.05, 0) is 49.2 Å². The van der Waals surface area contributed by atoms with Gasteiger partial charge in [-0.1, -0.05) is 12.1 Å². The van der Waals surface area contributed by atoms with Crippen molar-refractivity contribution in [3.63, 3.8) is 0 Å². The van der Waals surface area contributed by atoms with Gasteiger partial charge in [-0.15, -0.1) is 0 Å². The Morgan fingerprint density at radius 2 is 1.91 bits per heavy atom. The molecule has 0 radical (unpaired) electrons. The zero-order chi connectivity index (χ0) is 16.1. The fraction of sp³-hybridized carbons (Fsp3) is 0.278. The normalized spacial score (nSPS) is 12.0. The van der Waals surface area contributed by atoms with Gasteiger partial charge in [0.25, 0.3) is 5.91 Å². The van der Waals surface area contributed by atoms with Crippen LogP contribution in [0.25, 0.3) is 0 Å². The van der Waals surface area contributed by atoms with Crippen molar-refractivity contribution in [3.8, 4) is 17.2 Å². The first-order chi connectivity index (χ1) is 11.3. The molecule has 0 spiro atoms. The fourth-order valence-corrected chi connectivity index (χ4v) is 2.38. The number of hydrogen-bond donors (Lipinski definition) is 1. The maximum Gasteiger partial charge on any atom is 0.251 e. The predicted molar refractivity (Wildman–Crippen MR) is 86.2 cm³/mol. The number of nitrogens with one attached hydrogen (secondary N) is 1. The molecule has 1 N–H and O–H groups in total. The summed E-state index contributed by atoms with van der Waals surface area (Å²) in [4.78, 5) is 12.1. The summed E-state index contributed by atoms with van der Waals surface area (Å²) < 4.78 is 15.9. The molecule has 5 nitrogen and oxygen atoms in total. The summed E-state index contributed by atoms with van der Waals surface area (Å²) in [6.45, 7) is 3.39. The number of rotatable bonds is 6. The molecule has 120 valence electrons. The molecule has 0 aliphatic carbocycles. The van der Waals surface area contributed by atoms with E-state index in [0.717, 1.165) is 17.7 Å². The van der Waals surface area contributed by atoms with Crippen LogP contribution in [0.2, 0.25) is 0 Å². The van der Waals surface area contributed by atoms with Gasteiger partial charge in [-0.25, -0.2) is 0 Å². The largest absolute Gasteiger partial charge is 0.494 e. The molecule has 1 amide bonds. The second kappa shape index (κ2) is 7.05. The van der Waals surface area contributed by atoms with E-state index in [4.69, 9.17) is 14.2 Å². The highest BCUT2D eigenvalue weighted by atomic mass is 16.7. The van der Waals surface area contributed by atoms with E-state index in [1.807, 2.05) is 31.2 Å². The molecular weight excluding hydrogens is 294 g/mol. The van der Waals surface area contributed by atoms with Gasteiger partial charge in [-0.2, -0.15) is 0 Å². The standard InChI is InChI=1S/C18H19NO4/c1-2-21-15-6-3-13(4-7-15)9-10-19-18(20)14-5-8-16-17(11-14)23-12-22-16/h3-8,11H,2,9-10,12H2,1H3,(H,19,20). The molecule has 1 aliphatic rings. The molecule has 0 bridgehead atoms. The van der Waals surface area contributed by atoms with E-state index >= 15 is 0 Å². The second-order valence-corrected chi connectivity index (χ2v) is 5.15. The van der Waals surface area contributed by atoms with Gasteiger partial charge in [0, 0.05) is 12.1 Å². The highest BCUT2D eigenvalue weighted by Gasteiger charge is 2.15. The van der Waals surface area contributed by atoms with Gasteiger partial charge in [0.2, 0.25) is 6.79 Å². The molecule has 1 aliphatic heterocycles. The average molecular weight is 313 g/mol. The molecule has 0 aromatic heterocycles. The molecule has 2 aromatic rings. The number of amides is 1. The minimum absolute atomic E-state index is 0.116. The van der Waals surface area contributed by atoms with E-state index in [2.05, 4.69) is 5.32 Å². The lowest BCUT2D eigenvalue weighted by Gasteiger charge is -2.07. The lowest BCUT2D eigenvalue weighted by molar-refractivity contribution is 0.0953. The van der Waals surface area contributed by atoms with E-state index < -0.39 is 0 Å². The number of benzene rings is 2. The first-order valence-electron chi connectivity index (χ1n) is 7.66. The summed E-state index contributed by atoms with van der Waals surface area (Å²) in [6, 6.07) is 13.1. The average Bonchev–Trinajstić information content (AvgIpc) is 3.04. The summed E-state index contributed by atoms with van der Waals surface area (Å²) in [5, 5.41) is 2.91. The minimum Gasteiger partial charge on any atom is -0.494 e. The highest BCUT2D eigenvalue weighted by Crippen LogP contribution is 2.32. The SMILES string of the molecule is CCOc1ccc(CCNC(=O)c2ccc3c(c2)OCO3)cc1. The molecule has 3 rings (SSSR count). The van der Waals surface area contributed by atoms with Crippen LogP contribution < -0.4 is 19.5 Å². The second-order valence-electron chi connectivity index (χ2n) is 5.15. The van der Waals surface area contributed by atoms with Crippen molar-refractivity contribution in [3.05, 3.63) is 53.6 Å². The fourth-order valence-electron chi connectivity index (χ4n) is 2.38. The third-order valence-electron chi connectivity index (χ3n) is 3.57. The summed E-state index contributed by atoms with van der Waals surface area (Å²) in [6.07, 6.45) is 0.767. The van der Waals surface area contributed by atoms with Crippen LogP contribution in [-0.4, -0.2) is 25.9 Å².